The van der Waals surface area contributed by atoms with Crippen molar-refractivity contribution in [2.24, 2.45) is 0 Å². The molecule has 0 saturated heterocycles. The zero-order chi connectivity index (χ0) is 14.6. The molecule has 0 saturated carbocycles. The second kappa shape index (κ2) is 10.8. The molecule has 0 unspecified atom stereocenters. The van der Waals surface area contributed by atoms with Crippen molar-refractivity contribution in [3.8, 4) is 5.75 Å². The monoisotopic (exact) mass is 299 g/mol. The van der Waals surface area contributed by atoms with Crippen LogP contribution < -0.4 is 15.8 Å². The lowest BCUT2D eigenvalue weighted by Gasteiger charge is -2.07. The molecule has 1 aromatic heterocycles. The number of rotatable bonds is 12. The highest BCUT2D eigenvalue weighted by atomic mass is 32.1. The van der Waals surface area contributed by atoms with Crippen LogP contribution in [0.4, 0.5) is 10.8 Å². The van der Waals surface area contributed by atoms with E-state index in [1.807, 2.05) is 6.92 Å². The molecule has 20 heavy (non-hydrogen) atoms. The Kier molecular flexibility index (Phi) is 9.20. The molecule has 0 atom stereocenters. The van der Waals surface area contributed by atoms with Crippen LogP contribution in [-0.4, -0.2) is 17.5 Å². The van der Waals surface area contributed by atoms with Crippen LogP contribution in [0.15, 0.2) is 0 Å². The summed E-state index contributed by atoms with van der Waals surface area (Å²) in [6.45, 7) is 5.81. The topological polar surface area (TPSA) is 60.2 Å². The van der Waals surface area contributed by atoms with Gasteiger partial charge in [0.05, 0.1) is 6.61 Å². The quantitative estimate of drug-likeness (QED) is 0.550. The van der Waals surface area contributed by atoms with E-state index in [0.717, 1.165) is 17.3 Å². The van der Waals surface area contributed by atoms with Gasteiger partial charge in [-0.15, -0.1) is 0 Å². The van der Waals surface area contributed by atoms with Gasteiger partial charge in [0.15, 0.2) is 16.6 Å². The molecular formula is C15H29N3OS. The number of nitrogens with zero attached hydrogens (tertiary/aromatic N) is 1. The SMILES string of the molecule is CCCCCCCCCCNc1snc(N)c1OCC. The Labute approximate surface area is 127 Å². The predicted molar refractivity (Wildman–Crippen MR) is 88.8 cm³/mol. The minimum absolute atomic E-state index is 0.496. The van der Waals surface area contributed by atoms with Crippen molar-refractivity contribution in [2.45, 2.75) is 65.2 Å². The Morgan fingerprint density at radius 2 is 1.70 bits per heavy atom. The summed E-state index contributed by atoms with van der Waals surface area (Å²) in [5, 5.41) is 4.35. The van der Waals surface area contributed by atoms with Crippen molar-refractivity contribution in [1.29, 1.82) is 0 Å². The summed E-state index contributed by atoms with van der Waals surface area (Å²) in [5.74, 6) is 1.22. The third-order valence-corrected chi connectivity index (χ3v) is 4.08. The second-order valence-corrected chi connectivity index (χ2v) is 5.83. The molecule has 1 rings (SSSR count). The highest BCUT2D eigenvalue weighted by Gasteiger charge is 2.11. The fraction of sp³-hybridized carbons (Fsp3) is 0.800. The minimum atomic E-state index is 0.496. The molecule has 0 radical (unpaired) electrons. The van der Waals surface area contributed by atoms with Gasteiger partial charge in [-0.2, -0.15) is 4.37 Å². The number of hydrogen-bond donors (Lipinski definition) is 2. The number of nitrogens with one attached hydrogen (secondary N) is 1. The average Bonchev–Trinajstić information content (AvgIpc) is 2.79. The number of nitrogen functional groups attached to an aromatic ring is 1. The molecule has 0 fully saturated rings. The summed E-state index contributed by atoms with van der Waals surface area (Å²) in [5.41, 5.74) is 5.77. The Morgan fingerprint density at radius 1 is 1.05 bits per heavy atom. The van der Waals surface area contributed by atoms with Crippen molar-refractivity contribution < 1.29 is 4.74 Å². The lowest BCUT2D eigenvalue weighted by Crippen LogP contribution is -2.03. The van der Waals surface area contributed by atoms with E-state index in [2.05, 4.69) is 16.6 Å². The van der Waals surface area contributed by atoms with E-state index in [1.54, 1.807) is 0 Å². The molecule has 0 aliphatic carbocycles. The molecule has 4 nitrogen and oxygen atoms in total. The molecule has 0 aromatic carbocycles. The van der Waals surface area contributed by atoms with E-state index in [9.17, 15) is 0 Å². The molecule has 5 heteroatoms. The molecule has 0 spiro atoms. The first kappa shape index (κ1) is 17.1. The number of hydrogen-bond acceptors (Lipinski definition) is 5. The van der Waals surface area contributed by atoms with Crippen LogP contribution in [0, 0.1) is 0 Å². The first-order valence-electron chi connectivity index (χ1n) is 7.91. The lowest BCUT2D eigenvalue weighted by molar-refractivity contribution is 0.344. The standard InChI is InChI=1S/C15H29N3OS/c1-3-5-6-7-8-9-10-11-12-17-15-13(19-4-2)14(16)18-20-15/h17H,3-12H2,1-2H3,(H2,16,18). The summed E-state index contributed by atoms with van der Waals surface area (Å²) in [6.07, 6.45) is 10.7. The van der Waals surface area contributed by atoms with Crippen LogP contribution in [0.3, 0.4) is 0 Å². The van der Waals surface area contributed by atoms with E-state index in [-0.39, 0.29) is 0 Å². The minimum Gasteiger partial charge on any atom is -0.487 e. The molecule has 1 heterocycles. The molecule has 3 N–H and O–H groups in total. The largest absolute Gasteiger partial charge is 0.487 e. The van der Waals surface area contributed by atoms with Crippen molar-refractivity contribution in [3.05, 3.63) is 0 Å². The first-order valence-corrected chi connectivity index (χ1v) is 8.68. The maximum absolute atomic E-state index is 5.77. The van der Waals surface area contributed by atoms with Crippen molar-refractivity contribution in [3.63, 3.8) is 0 Å². The third kappa shape index (κ3) is 6.46. The van der Waals surface area contributed by atoms with Gasteiger partial charge in [-0.05, 0) is 24.9 Å². The van der Waals surface area contributed by atoms with E-state index < -0.39 is 0 Å². The zero-order valence-corrected chi connectivity index (χ0v) is 13.7. The molecule has 0 aliphatic heterocycles. The third-order valence-electron chi connectivity index (χ3n) is 3.28. The molecule has 0 aliphatic rings. The summed E-state index contributed by atoms with van der Waals surface area (Å²) in [7, 11) is 0. The van der Waals surface area contributed by atoms with Crippen molar-refractivity contribution in [2.75, 3.05) is 24.2 Å². The maximum atomic E-state index is 5.77. The van der Waals surface area contributed by atoms with Crippen molar-refractivity contribution >= 4 is 22.4 Å². The van der Waals surface area contributed by atoms with Gasteiger partial charge in [-0.3, -0.25) is 0 Å². The molecule has 116 valence electrons. The van der Waals surface area contributed by atoms with E-state index >= 15 is 0 Å². The summed E-state index contributed by atoms with van der Waals surface area (Å²) >= 11 is 1.38. The fourth-order valence-corrected chi connectivity index (χ4v) is 2.84. The van der Waals surface area contributed by atoms with Crippen LogP contribution >= 0.6 is 11.5 Å². The lowest BCUT2D eigenvalue weighted by atomic mass is 10.1. The summed E-state index contributed by atoms with van der Waals surface area (Å²) < 4.78 is 9.63. The smallest absolute Gasteiger partial charge is 0.197 e. The van der Waals surface area contributed by atoms with Crippen LogP contribution in [0.5, 0.6) is 5.75 Å². The normalized spacial score (nSPS) is 10.7. The van der Waals surface area contributed by atoms with E-state index in [0.29, 0.717) is 12.4 Å². The van der Waals surface area contributed by atoms with Gasteiger partial charge < -0.3 is 15.8 Å². The van der Waals surface area contributed by atoms with Gasteiger partial charge >= 0.3 is 0 Å². The Bertz CT molecular complexity index is 355. The number of ether oxygens (including phenoxy) is 1. The number of anilines is 2. The van der Waals surface area contributed by atoms with Crippen LogP contribution in [0.25, 0.3) is 0 Å². The van der Waals surface area contributed by atoms with Gasteiger partial charge in [0, 0.05) is 6.54 Å². The Balaban J connectivity index is 2.06. The van der Waals surface area contributed by atoms with Gasteiger partial charge in [0.1, 0.15) is 0 Å². The fourth-order valence-electron chi connectivity index (χ4n) is 2.15. The number of aromatic nitrogens is 1. The van der Waals surface area contributed by atoms with Gasteiger partial charge in [0.25, 0.3) is 0 Å². The number of unbranched alkanes of at least 4 members (excludes halogenated alkanes) is 7. The highest BCUT2D eigenvalue weighted by molar-refractivity contribution is 7.11. The average molecular weight is 299 g/mol. The van der Waals surface area contributed by atoms with E-state index in [4.69, 9.17) is 10.5 Å². The van der Waals surface area contributed by atoms with E-state index in [1.165, 1.54) is 62.9 Å². The zero-order valence-electron chi connectivity index (χ0n) is 12.9. The van der Waals surface area contributed by atoms with Gasteiger partial charge in [-0.1, -0.05) is 51.9 Å². The number of nitrogens with two attached hydrogens (primary N) is 1. The molecule has 0 amide bonds. The molecule has 0 bridgehead atoms. The van der Waals surface area contributed by atoms with Gasteiger partial charge in [0.2, 0.25) is 0 Å². The van der Waals surface area contributed by atoms with Crippen LogP contribution in [0.2, 0.25) is 0 Å². The Hall–Kier alpha value is -0.970. The summed E-state index contributed by atoms with van der Waals surface area (Å²) in [6, 6.07) is 0. The molecular weight excluding hydrogens is 270 g/mol. The molecule has 1 aromatic rings. The first-order chi connectivity index (χ1) is 9.79. The van der Waals surface area contributed by atoms with Crippen LogP contribution in [-0.2, 0) is 0 Å². The predicted octanol–water partition coefficient (Wildman–Crippen LogP) is 4.68. The summed E-state index contributed by atoms with van der Waals surface area (Å²) in [4.78, 5) is 0. The highest BCUT2D eigenvalue weighted by Crippen LogP contribution is 2.34. The second-order valence-electron chi connectivity index (χ2n) is 5.06. The van der Waals surface area contributed by atoms with Crippen molar-refractivity contribution in [1.82, 2.24) is 4.37 Å². The van der Waals surface area contributed by atoms with Crippen LogP contribution in [0.1, 0.15) is 65.2 Å². The van der Waals surface area contributed by atoms with Gasteiger partial charge in [-0.25, -0.2) is 0 Å². The Morgan fingerprint density at radius 3 is 2.35 bits per heavy atom. The maximum Gasteiger partial charge on any atom is 0.197 e.